The molecule has 0 spiro atoms. The molecule has 0 saturated heterocycles. The van der Waals surface area contributed by atoms with E-state index in [1.807, 2.05) is 38.1 Å². The van der Waals surface area contributed by atoms with Crippen molar-refractivity contribution >= 4 is 23.3 Å². The van der Waals surface area contributed by atoms with Gasteiger partial charge in [0.2, 0.25) is 0 Å². The van der Waals surface area contributed by atoms with E-state index in [1.54, 1.807) is 48.5 Å². The third-order valence-corrected chi connectivity index (χ3v) is 8.59. The molecule has 0 radical (unpaired) electrons. The first-order valence-electron chi connectivity index (χ1n) is 17.6. The molecule has 0 amide bonds. The van der Waals surface area contributed by atoms with Crippen molar-refractivity contribution in [1.29, 1.82) is 0 Å². The Hall–Kier alpha value is -5.18. The Bertz CT molecular complexity index is 1720. The number of carbonyl (C=O) groups excluding carboxylic acids is 2. The summed E-state index contributed by atoms with van der Waals surface area (Å²) in [5.74, 6) is -0.367. The molecule has 0 heterocycles. The van der Waals surface area contributed by atoms with E-state index in [9.17, 15) is 19.7 Å². The number of nitro groups is 1. The number of esters is 2. The van der Waals surface area contributed by atoms with Crippen molar-refractivity contribution in [2.24, 2.45) is 0 Å². The molecule has 0 aromatic heterocycles. The standard InChI is InChI=1S/C41H48N2O7/c1-5-7-9-11-13-29(4)49-40(44)33-18-14-30(15-19-33)31-22-24-35(25-23-31)50-41(45)34-20-16-32(17-21-34)36-26-38(43(46)47)39(27-37(36)42)48-28(3)12-10-8-6-2/h14-29H,5-13,42H2,1-4H3/t28-,29+/m1/s1. The van der Waals surface area contributed by atoms with Gasteiger partial charge in [0.05, 0.1) is 28.3 Å². The SMILES string of the molecule is CCCCCC[C@H](C)OC(=O)c1ccc(-c2ccc(OC(=O)c3ccc(-c4cc([N+](=O)[O-])c(O[C@H](C)CCCCC)cc4N)cc3)cc2)cc1. The Balaban J connectivity index is 1.36. The van der Waals surface area contributed by atoms with Crippen molar-refractivity contribution in [3.05, 3.63) is 106 Å². The van der Waals surface area contributed by atoms with Crippen LogP contribution in [0.2, 0.25) is 0 Å². The summed E-state index contributed by atoms with van der Waals surface area (Å²) in [6.07, 6.45) is 9.03. The maximum Gasteiger partial charge on any atom is 0.343 e. The highest BCUT2D eigenvalue weighted by atomic mass is 16.6. The minimum atomic E-state index is -0.550. The molecule has 0 fully saturated rings. The number of rotatable bonds is 18. The average molecular weight is 681 g/mol. The second-order valence-electron chi connectivity index (χ2n) is 12.7. The average Bonchev–Trinajstić information content (AvgIpc) is 3.10. The first-order valence-corrected chi connectivity index (χ1v) is 17.6. The summed E-state index contributed by atoms with van der Waals surface area (Å²) < 4.78 is 17.1. The van der Waals surface area contributed by atoms with Gasteiger partial charge < -0.3 is 19.9 Å². The van der Waals surface area contributed by atoms with Crippen LogP contribution in [0.5, 0.6) is 11.5 Å². The molecule has 9 heteroatoms. The second kappa shape index (κ2) is 18.5. The fraction of sp³-hybridized carbons (Fsp3) is 0.366. The molecular formula is C41H48N2O7. The third kappa shape index (κ3) is 10.7. The van der Waals surface area contributed by atoms with Gasteiger partial charge in [0, 0.05) is 23.4 Å². The maximum absolute atomic E-state index is 12.9. The van der Waals surface area contributed by atoms with Crippen molar-refractivity contribution in [2.75, 3.05) is 5.73 Å². The van der Waals surface area contributed by atoms with Gasteiger partial charge in [-0.05, 0) is 92.6 Å². The number of hydrogen-bond donors (Lipinski definition) is 1. The fourth-order valence-electron chi connectivity index (χ4n) is 5.66. The maximum atomic E-state index is 12.9. The molecule has 2 atom stereocenters. The molecule has 4 aromatic carbocycles. The van der Waals surface area contributed by atoms with Crippen LogP contribution in [-0.2, 0) is 4.74 Å². The van der Waals surface area contributed by atoms with E-state index in [0.717, 1.165) is 56.1 Å². The van der Waals surface area contributed by atoms with Crippen LogP contribution < -0.4 is 15.2 Å². The number of anilines is 1. The highest BCUT2D eigenvalue weighted by molar-refractivity contribution is 5.92. The quantitative estimate of drug-likeness (QED) is 0.0274. The summed E-state index contributed by atoms with van der Waals surface area (Å²) in [5, 5.41) is 11.9. The van der Waals surface area contributed by atoms with Crippen LogP contribution in [0, 0.1) is 10.1 Å². The van der Waals surface area contributed by atoms with Crippen LogP contribution >= 0.6 is 0 Å². The molecule has 4 rings (SSSR count). The second-order valence-corrected chi connectivity index (χ2v) is 12.7. The minimum absolute atomic E-state index is 0.124. The van der Waals surface area contributed by atoms with Gasteiger partial charge in [-0.2, -0.15) is 0 Å². The summed E-state index contributed by atoms with van der Waals surface area (Å²) in [6, 6.07) is 23.8. The number of nitro benzene ring substituents is 1. The van der Waals surface area contributed by atoms with Gasteiger partial charge in [0.15, 0.2) is 5.75 Å². The van der Waals surface area contributed by atoms with Gasteiger partial charge in [-0.25, -0.2) is 9.59 Å². The lowest BCUT2D eigenvalue weighted by atomic mass is 10.0. The zero-order chi connectivity index (χ0) is 36.0. The summed E-state index contributed by atoms with van der Waals surface area (Å²) in [6.45, 7) is 8.11. The first-order chi connectivity index (χ1) is 24.1. The number of hydrogen-bond acceptors (Lipinski definition) is 8. The number of carbonyl (C=O) groups is 2. The zero-order valence-corrected chi connectivity index (χ0v) is 29.5. The van der Waals surface area contributed by atoms with E-state index >= 15 is 0 Å². The fourth-order valence-corrected chi connectivity index (χ4v) is 5.66. The molecule has 0 bridgehead atoms. The summed E-state index contributed by atoms with van der Waals surface area (Å²) in [4.78, 5) is 36.9. The van der Waals surface area contributed by atoms with Crippen LogP contribution in [-0.4, -0.2) is 29.1 Å². The number of benzene rings is 4. The number of nitrogens with zero attached hydrogens (tertiary/aromatic N) is 1. The zero-order valence-electron chi connectivity index (χ0n) is 29.5. The Labute approximate surface area is 294 Å². The number of nitrogen functional groups attached to an aromatic ring is 1. The smallest absolute Gasteiger partial charge is 0.343 e. The lowest BCUT2D eigenvalue weighted by Crippen LogP contribution is -2.15. The molecule has 50 heavy (non-hydrogen) atoms. The molecule has 0 saturated carbocycles. The Morgan fingerprint density at radius 1 is 0.700 bits per heavy atom. The molecular weight excluding hydrogens is 632 g/mol. The minimum Gasteiger partial charge on any atom is -0.484 e. The van der Waals surface area contributed by atoms with Crippen LogP contribution in [0.25, 0.3) is 22.3 Å². The third-order valence-electron chi connectivity index (χ3n) is 8.59. The van der Waals surface area contributed by atoms with Crippen molar-refractivity contribution in [2.45, 2.75) is 97.7 Å². The van der Waals surface area contributed by atoms with Crippen LogP contribution in [0.3, 0.4) is 0 Å². The first kappa shape index (κ1) is 37.6. The Morgan fingerprint density at radius 2 is 1.22 bits per heavy atom. The van der Waals surface area contributed by atoms with E-state index in [-0.39, 0.29) is 29.6 Å². The van der Waals surface area contributed by atoms with Crippen LogP contribution in [0.15, 0.2) is 84.9 Å². The van der Waals surface area contributed by atoms with Crippen molar-refractivity contribution in [1.82, 2.24) is 0 Å². The molecule has 0 unspecified atom stereocenters. The monoisotopic (exact) mass is 680 g/mol. The van der Waals surface area contributed by atoms with Gasteiger partial charge in [-0.1, -0.05) is 82.3 Å². The Kier molecular flexibility index (Phi) is 14.0. The molecule has 0 aliphatic carbocycles. The van der Waals surface area contributed by atoms with Crippen molar-refractivity contribution < 1.29 is 28.7 Å². The van der Waals surface area contributed by atoms with Gasteiger partial charge in [-0.15, -0.1) is 0 Å². The topological polar surface area (TPSA) is 131 Å². The van der Waals surface area contributed by atoms with Gasteiger partial charge in [0.1, 0.15) is 5.75 Å². The van der Waals surface area contributed by atoms with E-state index in [0.29, 0.717) is 33.7 Å². The predicted octanol–water partition coefficient (Wildman–Crippen LogP) is 10.6. The van der Waals surface area contributed by atoms with Crippen LogP contribution in [0.4, 0.5) is 11.4 Å². The predicted molar refractivity (Wildman–Crippen MR) is 198 cm³/mol. The lowest BCUT2D eigenvalue weighted by Gasteiger charge is -2.16. The lowest BCUT2D eigenvalue weighted by molar-refractivity contribution is -0.386. The molecule has 2 N–H and O–H groups in total. The molecule has 4 aromatic rings. The highest BCUT2D eigenvalue weighted by Crippen LogP contribution is 2.38. The van der Waals surface area contributed by atoms with Gasteiger partial charge in [-0.3, -0.25) is 10.1 Å². The summed E-state index contributed by atoms with van der Waals surface area (Å²) in [5.41, 5.74) is 10.2. The van der Waals surface area contributed by atoms with Gasteiger partial charge in [0.25, 0.3) is 0 Å². The number of unbranched alkanes of at least 4 members (excludes halogenated alkanes) is 5. The van der Waals surface area contributed by atoms with Crippen molar-refractivity contribution in [3.8, 4) is 33.8 Å². The number of ether oxygens (including phenoxy) is 3. The molecule has 0 aliphatic heterocycles. The van der Waals surface area contributed by atoms with E-state index in [1.165, 1.54) is 25.0 Å². The molecule has 264 valence electrons. The number of nitrogens with two attached hydrogens (primary N) is 1. The largest absolute Gasteiger partial charge is 0.484 e. The van der Waals surface area contributed by atoms with E-state index < -0.39 is 10.9 Å². The van der Waals surface area contributed by atoms with E-state index in [2.05, 4.69) is 13.8 Å². The summed E-state index contributed by atoms with van der Waals surface area (Å²) in [7, 11) is 0. The normalized spacial score (nSPS) is 12.2. The van der Waals surface area contributed by atoms with Gasteiger partial charge >= 0.3 is 17.6 Å². The summed E-state index contributed by atoms with van der Waals surface area (Å²) >= 11 is 0. The van der Waals surface area contributed by atoms with Crippen LogP contribution in [0.1, 0.15) is 106 Å². The molecule has 0 aliphatic rings. The van der Waals surface area contributed by atoms with E-state index in [4.69, 9.17) is 19.9 Å². The Morgan fingerprint density at radius 3 is 1.82 bits per heavy atom. The highest BCUT2D eigenvalue weighted by Gasteiger charge is 2.22. The van der Waals surface area contributed by atoms with Crippen molar-refractivity contribution in [3.63, 3.8) is 0 Å². The molecule has 9 nitrogen and oxygen atoms in total.